The summed E-state index contributed by atoms with van der Waals surface area (Å²) in [4.78, 5) is 4.20. The molecule has 0 spiro atoms. The first-order chi connectivity index (χ1) is 7.90. The predicted octanol–water partition coefficient (Wildman–Crippen LogP) is 2.62. The van der Waals surface area contributed by atoms with Crippen molar-refractivity contribution in [3.63, 3.8) is 0 Å². The standard InChI is InChI=1S/C13H14N2O/c1-2-8-14-10-13-15-9-12(16-13)11-6-4-3-5-7-11/h2-7,9,14H,1,8,10H2. The zero-order valence-corrected chi connectivity index (χ0v) is 9.02. The summed E-state index contributed by atoms with van der Waals surface area (Å²) in [5.74, 6) is 1.50. The summed E-state index contributed by atoms with van der Waals surface area (Å²) in [6.45, 7) is 5.01. The lowest BCUT2D eigenvalue weighted by Crippen LogP contribution is -2.12. The third-order valence-corrected chi connectivity index (χ3v) is 2.18. The molecule has 3 heteroatoms. The minimum atomic E-state index is 0.624. The van der Waals surface area contributed by atoms with Gasteiger partial charge in [-0.05, 0) is 0 Å². The Morgan fingerprint density at radius 2 is 2.12 bits per heavy atom. The van der Waals surface area contributed by atoms with E-state index in [-0.39, 0.29) is 0 Å². The van der Waals surface area contributed by atoms with Crippen LogP contribution in [0.5, 0.6) is 0 Å². The summed E-state index contributed by atoms with van der Waals surface area (Å²) in [5.41, 5.74) is 1.05. The van der Waals surface area contributed by atoms with E-state index >= 15 is 0 Å². The summed E-state index contributed by atoms with van der Waals surface area (Å²) < 4.78 is 5.61. The maximum Gasteiger partial charge on any atom is 0.208 e. The number of hydrogen-bond acceptors (Lipinski definition) is 3. The van der Waals surface area contributed by atoms with Crippen LogP contribution in [-0.2, 0) is 6.54 Å². The molecule has 1 heterocycles. The molecule has 0 atom stereocenters. The van der Waals surface area contributed by atoms with E-state index in [4.69, 9.17) is 4.42 Å². The summed E-state index contributed by atoms with van der Waals surface area (Å²) in [5, 5.41) is 3.14. The summed E-state index contributed by atoms with van der Waals surface area (Å²) in [6, 6.07) is 9.94. The maximum absolute atomic E-state index is 5.61. The van der Waals surface area contributed by atoms with E-state index in [1.165, 1.54) is 0 Å². The average molecular weight is 214 g/mol. The zero-order valence-electron chi connectivity index (χ0n) is 9.02. The molecule has 0 aliphatic rings. The van der Waals surface area contributed by atoms with Gasteiger partial charge in [0.15, 0.2) is 5.76 Å². The highest BCUT2D eigenvalue weighted by Crippen LogP contribution is 2.19. The Morgan fingerprint density at radius 1 is 1.31 bits per heavy atom. The topological polar surface area (TPSA) is 38.1 Å². The molecule has 2 aromatic rings. The SMILES string of the molecule is C=CCNCc1ncc(-c2ccccc2)o1. The third-order valence-electron chi connectivity index (χ3n) is 2.18. The maximum atomic E-state index is 5.61. The highest BCUT2D eigenvalue weighted by atomic mass is 16.4. The second-order valence-corrected chi connectivity index (χ2v) is 3.40. The van der Waals surface area contributed by atoms with Gasteiger partial charge in [0.2, 0.25) is 5.89 Å². The predicted molar refractivity (Wildman–Crippen MR) is 63.8 cm³/mol. The zero-order chi connectivity index (χ0) is 11.2. The van der Waals surface area contributed by atoms with Crippen LogP contribution in [0.25, 0.3) is 11.3 Å². The Morgan fingerprint density at radius 3 is 2.88 bits per heavy atom. The van der Waals surface area contributed by atoms with Crippen molar-refractivity contribution in [1.29, 1.82) is 0 Å². The molecule has 0 saturated carbocycles. The summed E-state index contributed by atoms with van der Waals surface area (Å²) in [7, 11) is 0. The van der Waals surface area contributed by atoms with Gasteiger partial charge in [0.05, 0.1) is 12.7 Å². The van der Waals surface area contributed by atoms with Crippen molar-refractivity contribution >= 4 is 0 Å². The molecule has 3 nitrogen and oxygen atoms in total. The quantitative estimate of drug-likeness (QED) is 0.614. The van der Waals surface area contributed by atoms with Crippen LogP contribution in [-0.4, -0.2) is 11.5 Å². The number of benzene rings is 1. The van der Waals surface area contributed by atoms with Crippen LogP contribution < -0.4 is 5.32 Å². The lowest BCUT2D eigenvalue weighted by molar-refractivity contribution is 0.485. The smallest absolute Gasteiger partial charge is 0.208 e. The minimum absolute atomic E-state index is 0.624. The molecular weight excluding hydrogens is 200 g/mol. The van der Waals surface area contributed by atoms with Gasteiger partial charge in [0.25, 0.3) is 0 Å². The van der Waals surface area contributed by atoms with Crippen molar-refractivity contribution in [1.82, 2.24) is 10.3 Å². The monoisotopic (exact) mass is 214 g/mol. The molecule has 1 aromatic carbocycles. The highest BCUT2D eigenvalue weighted by Gasteiger charge is 2.04. The van der Waals surface area contributed by atoms with E-state index in [9.17, 15) is 0 Å². The van der Waals surface area contributed by atoms with Crippen molar-refractivity contribution in [3.8, 4) is 11.3 Å². The van der Waals surface area contributed by atoms with Crippen LogP contribution >= 0.6 is 0 Å². The largest absolute Gasteiger partial charge is 0.439 e. The number of rotatable bonds is 5. The minimum Gasteiger partial charge on any atom is -0.439 e. The van der Waals surface area contributed by atoms with Crippen molar-refractivity contribution in [2.75, 3.05) is 6.54 Å². The Balaban J connectivity index is 2.05. The van der Waals surface area contributed by atoms with Gasteiger partial charge in [-0.25, -0.2) is 4.98 Å². The Kier molecular flexibility index (Phi) is 3.51. The number of aromatic nitrogens is 1. The molecule has 0 radical (unpaired) electrons. The number of nitrogens with zero attached hydrogens (tertiary/aromatic N) is 1. The second-order valence-electron chi connectivity index (χ2n) is 3.40. The Bertz CT molecular complexity index is 448. The van der Waals surface area contributed by atoms with Gasteiger partial charge in [-0.3, -0.25) is 0 Å². The molecule has 0 unspecified atom stereocenters. The lowest BCUT2D eigenvalue weighted by atomic mass is 10.2. The molecule has 0 saturated heterocycles. The van der Waals surface area contributed by atoms with Gasteiger partial charge in [-0.1, -0.05) is 36.4 Å². The fraction of sp³-hybridized carbons (Fsp3) is 0.154. The van der Waals surface area contributed by atoms with Gasteiger partial charge in [-0.15, -0.1) is 6.58 Å². The Hall–Kier alpha value is -1.87. The van der Waals surface area contributed by atoms with Crippen LogP contribution in [0.15, 0.2) is 53.6 Å². The first-order valence-corrected chi connectivity index (χ1v) is 5.22. The molecule has 1 aromatic heterocycles. The van der Waals surface area contributed by atoms with Gasteiger partial charge >= 0.3 is 0 Å². The molecule has 1 N–H and O–H groups in total. The number of oxazole rings is 1. The van der Waals surface area contributed by atoms with E-state index < -0.39 is 0 Å². The van der Waals surface area contributed by atoms with Gasteiger partial charge in [0, 0.05) is 12.1 Å². The number of hydrogen-bond donors (Lipinski definition) is 1. The van der Waals surface area contributed by atoms with E-state index in [2.05, 4.69) is 16.9 Å². The molecule has 0 amide bonds. The van der Waals surface area contributed by atoms with Crippen LogP contribution in [0.3, 0.4) is 0 Å². The van der Waals surface area contributed by atoms with E-state index in [0.29, 0.717) is 12.4 Å². The fourth-order valence-electron chi connectivity index (χ4n) is 1.41. The van der Waals surface area contributed by atoms with Crippen molar-refractivity contribution in [2.45, 2.75) is 6.54 Å². The molecule has 16 heavy (non-hydrogen) atoms. The van der Waals surface area contributed by atoms with E-state index in [1.807, 2.05) is 30.3 Å². The van der Waals surface area contributed by atoms with Crippen LogP contribution in [0.1, 0.15) is 5.89 Å². The lowest BCUT2D eigenvalue weighted by Gasteiger charge is -1.96. The number of nitrogens with one attached hydrogen (secondary N) is 1. The highest BCUT2D eigenvalue weighted by molar-refractivity contribution is 5.55. The van der Waals surface area contributed by atoms with Crippen molar-refractivity contribution in [2.24, 2.45) is 0 Å². The van der Waals surface area contributed by atoms with E-state index in [1.54, 1.807) is 12.3 Å². The Labute approximate surface area is 94.8 Å². The first kappa shape index (κ1) is 10.6. The summed E-state index contributed by atoms with van der Waals surface area (Å²) in [6.07, 6.45) is 3.56. The molecule has 0 aliphatic carbocycles. The van der Waals surface area contributed by atoms with Crippen LogP contribution in [0.4, 0.5) is 0 Å². The first-order valence-electron chi connectivity index (χ1n) is 5.22. The normalized spacial score (nSPS) is 10.2. The second kappa shape index (κ2) is 5.28. The fourth-order valence-corrected chi connectivity index (χ4v) is 1.41. The van der Waals surface area contributed by atoms with Crippen LogP contribution in [0.2, 0.25) is 0 Å². The molecule has 82 valence electrons. The molecule has 0 bridgehead atoms. The van der Waals surface area contributed by atoms with Crippen LogP contribution in [0, 0.1) is 0 Å². The van der Waals surface area contributed by atoms with E-state index in [0.717, 1.165) is 17.9 Å². The van der Waals surface area contributed by atoms with Gasteiger partial charge < -0.3 is 9.73 Å². The molecule has 0 fully saturated rings. The average Bonchev–Trinajstić information content (AvgIpc) is 2.79. The third kappa shape index (κ3) is 2.58. The van der Waals surface area contributed by atoms with Crippen molar-refractivity contribution in [3.05, 3.63) is 55.1 Å². The van der Waals surface area contributed by atoms with Gasteiger partial charge in [0.1, 0.15) is 0 Å². The summed E-state index contributed by atoms with van der Waals surface area (Å²) >= 11 is 0. The van der Waals surface area contributed by atoms with Gasteiger partial charge in [-0.2, -0.15) is 0 Å². The van der Waals surface area contributed by atoms with Crippen molar-refractivity contribution < 1.29 is 4.42 Å². The molecule has 2 rings (SSSR count). The molecular formula is C13H14N2O. The molecule has 0 aliphatic heterocycles.